The molecule has 1 amide bonds. The topological polar surface area (TPSA) is 92.3 Å². The molecule has 1 aliphatic rings. The number of hydrogen-bond acceptors (Lipinski definition) is 7. The number of carbonyl (C=O) groups is 1. The first-order valence-electron chi connectivity index (χ1n) is 11.6. The van der Waals surface area contributed by atoms with Crippen molar-refractivity contribution in [2.45, 2.75) is 6.92 Å². The maximum Gasteiger partial charge on any atom is 0.248 e. The van der Waals surface area contributed by atoms with Crippen molar-refractivity contribution < 1.29 is 9.53 Å². The fourth-order valence-corrected chi connectivity index (χ4v) is 4.02. The van der Waals surface area contributed by atoms with E-state index in [1.54, 1.807) is 18.5 Å². The van der Waals surface area contributed by atoms with E-state index in [0.717, 1.165) is 65.5 Å². The summed E-state index contributed by atoms with van der Waals surface area (Å²) < 4.78 is 5.41. The van der Waals surface area contributed by atoms with Gasteiger partial charge in [-0.1, -0.05) is 36.4 Å². The Hall–Kier alpha value is -4.30. The van der Waals surface area contributed by atoms with Gasteiger partial charge in [0, 0.05) is 35.9 Å². The second-order valence-corrected chi connectivity index (χ2v) is 8.14. The number of aromatic nitrogens is 3. The van der Waals surface area contributed by atoms with Gasteiger partial charge in [0.25, 0.3) is 0 Å². The van der Waals surface area contributed by atoms with Crippen LogP contribution >= 0.6 is 0 Å². The van der Waals surface area contributed by atoms with E-state index in [1.165, 1.54) is 6.08 Å². The minimum atomic E-state index is -0.162. The van der Waals surface area contributed by atoms with Gasteiger partial charge in [-0.05, 0) is 42.8 Å². The van der Waals surface area contributed by atoms with Crippen LogP contribution in [0.15, 0.2) is 79.1 Å². The maximum atomic E-state index is 12.0. The Labute approximate surface area is 203 Å². The molecule has 0 atom stereocenters. The van der Waals surface area contributed by atoms with Crippen LogP contribution in [0.5, 0.6) is 0 Å². The van der Waals surface area contributed by atoms with E-state index in [0.29, 0.717) is 5.95 Å². The van der Waals surface area contributed by atoms with E-state index < -0.39 is 0 Å². The standard InChI is InChI=1S/C27H26N6O2/c1-2-5-25(34)30-21-8-3-6-19(16-21)23-9-4-7-20-17-29-27(32-26(20)23)31-22-10-11-24(28-18-22)33-12-14-35-15-13-33/h2-11,16-18H,12-15H2,1H3,(H,30,34)(H,29,31,32)/b5-2-. The first-order chi connectivity index (χ1) is 17.2. The fraction of sp³-hybridized carbons (Fsp3) is 0.185. The lowest BCUT2D eigenvalue weighted by atomic mass is 10.0. The van der Waals surface area contributed by atoms with Gasteiger partial charge in [0.1, 0.15) is 5.82 Å². The molecule has 2 aromatic carbocycles. The van der Waals surface area contributed by atoms with E-state index in [4.69, 9.17) is 9.72 Å². The highest BCUT2D eigenvalue weighted by molar-refractivity contribution is 6.00. The van der Waals surface area contributed by atoms with E-state index in [9.17, 15) is 4.79 Å². The van der Waals surface area contributed by atoms with Crippen LogP contribution in [0, 0.1) is 0 Å². The SMILES string of the molecule is C/C=C\C(=O)Nc1cccc(-c2cccc3cnc(Nc4ccc(N5CCOCC5)nc4)nc23)c1. The molecule has 0 bridgehead atoms. The average Bonchev–Trinajstić information content (AvgIpc) is 2.89. The maximum absolute atomic E-state index is 12.0. The second-order valence-electron chi connectivity index (χ2n) is 8.14. The minimum Gasteiger partial charge on any atom is -0.378 e. The van der Waals surface area contributed by atoms with Gasteiger partial charge < -0.3 is 20.3 Å². The fourth-order valence-electron chi connectivity index (χ4n) is 4.02. The number of benzene rings is 2. The molecule has 1 saturated heterocycles. The first kappa shape index (κ1) is 22.5. The van der Waals surface area contributed by atoms with Crippen molar-refractivity contribution in [3.63, 3.8) is 0 Å². The zero-order chi connectivity index (χ0) is 24.0. The van der Waals surface area contributed by atoms with E-state index >= 15 is 0 Å². The number of para-hydroxylation sites is 1. The summed E-state index contributed by atoms with van der Waals surface area (Å²) in [5.41, 5.74) is 4.26. The second kappa shape index (κ2) is 10.3. The molecule has 4 aromatic rings. The number of pyridine rings is 1. The predicted molar refractivity (Wildman–Crippen MR) is 139 cm³/mol. The van der Waals surface area contributed by atoms with Gasteiger partial charge in [-0.25, -0.2) is 15.0 Å². The van der Waals surface area contributed by atoms with Gasteiger partial charge >= 0.3 is 0 Å². The van der Waals surface area contributed by atoms with Crippen molar-refractivity contribution in [3.05, 3.63) is 79.1 Å². The van der Waals surface area contributed by atoms with Gasteiger partial charge in [-0.15, -0.1) is 0 Å². The number of nitrogens with one attached hydrogen (secondary N) is 2. The third-order valence-corrected chi connectivity index (χ3v) is 5.71. The monoisotopic (exact) mass is 466 g/mol. The third kappa shape index (κ3) is 5.28. The molecule has 1 aliphatic heterocycles. The molecule has 3 heterocycles. The molecule has 0 radical (unpaired) electrons. The zero-order valence-corrected chi connectivity index (χ0v) is 19.4. The minimum absolute atomic E-state index is 0.162. The smallest absolute Gasteiger partial charge is 0.248 e. The largest absolute Gasteiger partial charge is 0.378 e. The number of hydrogen-bond donors (Lipinski definition) is 2. The molecule has 8 nitrogen and oxygen atoms in total. The van der Waals surface area contributed by atoms with Crippen molar-refractivity contribution in [1.82, 2.24) is 15.0 Å². The number of ether oxygens (including phenoxy) is 1. The number of amides is 1. The van der Waals surface area contributed by atoms with Crippen LogP contribution in [0.25, 0.3) is 22.0 Å². The van der Waals surface area contributed by atoms with Crippen LogP contribution in [0.2, 0.25) is 0 Å². The Morgan fingerprint density at radius 3 is 2.66 bits per heavy atom. The number of fused-ring (bicyclic) bond motifs is 1. The van der Waals surface area contributed by atoms with Crippen LogP contribution in [-0.4, -0.2) is 47.2 Å². The molecule has 0 aliphatic carbocycles. The molecule has 0 saturated carbocycles. The van der Waals surface area contributed by atoms with Crippen LogP contribution < -0.4 is 15.5 Å². The number of morpholine rings is 1. The summed E-state index contributed by atoms with van der Waals surface area (Å²) in [5, 5.41) is 7.08. The molecule has 5 rings (SSSR count). The summed E-state index contributed by atoms with van der Waals surface area (Å²) in [6.07, 6.45) is 6.81. The van der Waals surface area contributed by atoms with Gasteiger partial charge in [-0.3, -0.25) is 4.79 Å². The number of anilines is 4. The quantitative estimate of drug-likeness (QED) is 0.395. The summed E-state index contributed by atoms with van der Waals surface area (Å²) in [6, 6.07) is 17.7. The Morgan fingerprint density at radius 2 is 1.86 bits per heavy atom. The lowest BCUT2D eigenvalue weighted by Crippen LogP contribution is -2.36. The molecule has 0 spiro atoms. The molecule has 2 aromatic heterocycles. The summed E-state index contributed by atoms with van der Waals surface area (Å²) in [7, 11) is 0. The summed E-state index contributed by atoms with van der Waals surface area (Å²) >= 11 is 0. The number of nitrogens with zero attached hydrogens (tertiary/aromatic N) is 4. The molecule has 2 N–H and O–H groups in total. The highest BCUT2D eigenvalue weighted by atomic mass is 16.5. The van der Waals surface area contributed by atoms with Crippen molar-refractivity contribution in [2.75, 3.05) is 41.8 Å². The van der Waals surface area contributed by atoms with Crippen LogP contribution in [0.3, 0.4) is 0 Å². The van der Waals surface area contributed by atoms with Crippen LogP contribution in [0.4, 0.5) is 23.1 Å². The Morgan fingerprint density at radius 1 is 1.00 bits per heavy atom. The van der Waals surface area contributed by atoms with Crippen molar-refractivity contribution in [1.29, 1.82) is 0 Å². The van der Waals surface area contributed by atoms with Crippen LogP contribution in [-0.2, 0) is 9.53 Å². The van der Waals surface area contributed by atoms with Crippen molar-refractivity contribution in [3.8, 4) is 11.1 Å². The van der Waals surface area contributed by atoms with Crippen LogP contribution in [0.1, 0.15) is 6.92 Å². The lowest BCUT2D eigenvalue weighted by Gasteiger charge is -2.27. The normalized spacial score (nSPS) is 13.8. The zero-order valence-electron chi connectivity index (χ0n) is 19.4. The molecule has 1 fully saturated rings. The number of carbonyl (C=O) groups excluding carboxylic acids is 1. The van der Waals surface area contributed by atoms with Crippen molar-refractivity contribution >= 4 is 40.0 Å². The van der Waals surface area contributed by atoms with E-state index in [1.807, 2.05) is 61.5 Å². The summed E-state index contributed by atoms with van der Waals surface area (Å²) in [4.78, 5) is 28.0. The summed E-state index contributed by atoms with van der Waals surface area (Å²) in [6.45, 7) is 4.94. The highest BCUT2D eigenvalue weighted by Crippen LogP contribution is 2.30. The van der Waals surface area contributed by atoms with Gasteiger partial charge in [0.05, 0.1) is 30.6 Å². The Balaban J connectivity index is 1.40. The third-order valence-electron chi connectivity index (χ3n) is 5.71. The van der Waals surface area contributed by atoms with Gasteiger partial charge in [0.2, 0.25) is 11.9 Å². The number of rotatable bonds is 6. The van der Waals surface area contributed by atoms with Gasteiger partial charge in [0.15, 0.2) is 0 Å². The van der Waals surface area contributed by atoms with Gasteiger partial charge in [-0.2, -0.15) is 0 Å². The predicted octanol–water partition coefficient (Wildman–Crippen LogP) is 4.79. The average molecular weight is 467 g/mol. The van der Waals surface area contributed by atoms with E-state index in [2.05, 4.69) is 25.5 Å². The van der Waals surface area contributed by atoms with Crippen molar-refractivity contribution in [2.24, 2.45) is 0 Å². The molecule has 176 valence electrons. The molecular formula is C27H26N6O2. The number of allylic oxidation sites excluding steroid dienone is 1. The highest BCUT2D eigenvalue weighted by Gasteiger charge is 2.13. The molecule has 0 unspecified atom stereocenters. The van der Waals surface area contributed by atoms with E-state index in [-0.39, 0.29) is 5.91 Å². The molecular weight excluding hydrogens is 440 g/mol. The Bertz CT molecular complexity index is 1360. The first-order valence-corrected chi connectivity index (χ1v) is 11.6. The molecule has 8 heteroatoms. The lowest BCUT2D eigenvalue weighted by molar-refractivity contribution is -0.111. The Kier molecular flexibility index (Phi) is 6.63. The molecule has 35 heavy (non-hydrogen) atoms. The summed E-state index contributed by atoms with van der Waals surface area (Å²) in [5.74, 6) is 1.26.